The average molecular weight is 249 g/mol. The number of fused-ring (bicyclic) bond motifs is 1. The number of nitrogens with two attached hydrogens (primary N) is 1. The average Bonchev–Trinajstić information content (AvgIpc) is 2.36. The fraction of sp³-hybridized carbons (Fsp3) is 0.333. The van der Waals surface area contributed by atoms with Gasteiger partial charge in [0.1, 0.15) is 5.75 Å². The SMILES string of the molecule is Cn1c(=O)n(CCCN)c(=O)c2cc(O)ccc21. The molecule has 0 aliphatic carbocycles. The number of hydrogen-bond acceptors (Lipinski definition) is 4. The summed E-state index contributed by atoms with van der Waals surface area (Å²) in [6, 6.07) is 4.38. The summed E-state index contributed by atoms with van der Waals surface area (Å²) >= 11 is 0. The van der Waals surface area contributed by atoms with Gasteiger partial charge in [0.2, 0.25) is 0 Å². The van der Waals surface area contributed by atoms with Crippen molar-refractivity contribution in [3.05, 3.63) is 39.0 Å². The molecular weight excluding hydrogens is 234 g/mol. The van der Waals surface area contributed by atoms with E-state index in [-0.39, 0.29) is 18.0 Å². The molecule has 0 atom stereocenters. The topological polar surface area (TPSA) is 90.3 Å². The number of phenols is 1. The highest BCUT2D eigenvalue weighted by Crippen LogP contribution is 2.14. The summed E-state index contributed by atoms with van der Waals surface area (Å²) in [4.78, 5) is 24.2. The molecule has 6 heteroatoms. The summed E-state index contributed by atoms with van der Waals surface area (Å²) in [7, 11) is 1.60. The van der Waals surface area contributed by atoms with Gasteiger partial charge >= 0.3 is 5.69 Å². The molecule has 0 saturated carbocycles. The number of rotatable bonds is 3. The van der Waals surface area contributed by atoms with Crippen LogP contribution in [0.5, 0.6) is 5.75 Å². The Morgan fingerprint density at radius 3 is 2.72 bits per heavy atom. The number of phenolic OH excluding ortho intramolecular Hbond substituents is 1. The molecule has 2 rings (SSSR count). The van der Waals surface area contributed by atoms with Crippen LogP contribution in [0.4, 0.5) is 0 Å². The van der Waals surface area contributed by atoms with Gasteiger partial charge < -0.3 is 10.8 Å². The normalized spacial score (nSPS) is 11.0. The molecule has 1 heterocycles. The first kappa shape index (κ1) is 12.4. The van der Waals surface area contributed by atoms with E-state index in [4.69, 9.17) is 5.73 Å². The molecule has 6 nitrogen and oxygen atoms in total. The summed E-state index contributed by atoms with van der Waals surface area (Å²) in [6.45, 7) is 0.696. The van der Waals surface area contributed by atoms with Crippen LogP contribution in [0.3, 0.4) is 0 Å². The van der Waals surface area contributed by atoms with Crippen molar-refractivity contribution >= 4 is 10.9 Å². The van der Waals surface area contributed by atoms with Gasteiger partial charge in [-0.05, 0) is 31.2 Å². The first-order chi connectivity index (χ1) is 8.56. The minimum absolute atomic E-state index is 0.00336. The van der Waals surface area contributed by atoms with E-state index >= 15 is 0 Å². The Morgan fingerprint density at radius 2 is 2.06 bits per heavy atom. The van der Waals surface area contributed by atoms with Gasteiger partial charge in [0, 0.05) is 13.6 Å². The van der Waals surface area contributed by atoms with E-state index in [1.54, 1.807) is 13.1 Å². The van der Waals surface area contributed by atoms with Crippen LogP contribution >= 0.6 is 0 Å². The predicted octanol–water partition coefficient (Wildman–Crippen LogP) is -0.245. The molecule has 1 aromatic carbocycles. The second-order valence-electron chi connectivity index (χ2n) is 4.14. The third-order valence-electron chi connectivity index (χ3n) is 2.92. The van der Waals surface area contributed by atoms with Crippen LogP contribution in [0.2, 0.25) is 0 Å². The summed E-state index contributed by atoms with van der Waals surface area (Å²) < 4.78 is 2.54. The molecule has 1 aromatic heterocycles. The summed E-state index contributed by atoms with van der Waals surface area (Å²) in [6.07, 6.45) is 0.555. The van der Waals surface area contributed by atoms with Gasteiger partial charge in [0.15, 0.2) is 0 Å². The van der Waals surface area contributed by atoms with Gasteiger partial charge in [-0.1, -0.05) is 0 Å². The molecule has 3 N–H and O–H groups in total. The van der Waals surface area contributed by atoms with Crippen molar-refractivity contribution in [2.24, 2.45) is 12.8 Å². The van der Waals surface area contributed by atoms with Crippen LogP contribution in [0.25, 0.3) is 10.9 Å². The standard InChI is InChI=1S/C12H15N3O3/c1-14-10-4-3-8(16)7-9(10)11(17)15(12(14)18)6-2-5-13/h3-4,7,16H,2,5-6,13H2,1H3. The zero-order chi connectivity index (χ0) is 13.3. The number of aryl methyl sites for hydroxylation is 1. The van der Waals surface area contributed by atoms with Crippen LogP contribution < -0.4 is 17.0 Å². The molecule has 0 bridgehead atoms. The van der Waals surface area contributed by atoms with Crippen LogP contribution in [0.1, 0.15) is 6.42 Å². The Bertz CT molecular complexity index is 700. The lowest BCUT2D eigenvalue weighted by Crippen LogP contribution is -2.39. The van der Waals surface area contributed by atoms with Crippen molar-refractivity contribution in [1.29, 1.82) is 0 Å². The molecule has 0 radical (unpaired) electrons. The molecule has 0 amide bonds. The van der Waals surface area contributed by atoms with Gasteiger partial charge in [-0.15, -0.1) is 0 Å². The molecule has 0 aliphatic rings. The van der Waals surface area contributed by atoms with Crippen molar-refractivity contribution in [1.82, 2.24) is 9.13 Å². The predicted molar refractivity (Wildman–Crippen MR) is 68.8 cm³/mol. The quantitative estimate of drug-likeness (QED) is 0.785. The largest absolute Gasteiger partial charge is 0.508 e. The van der Waals surface area contributed by atoms with Gasteiger partial charge in [-0.2, -0.15) is 0 Å². The Morgan fingerprint density at radius 1 is 1.33 bits per heavy atom. The van der Waals surface area contributed by atoms with Crippen molar-refractivity contribution in [2.75, 3.05) is 6.54 Å². The molecule has 0 fully saturated rings. The number of hydrogen-bond donors (Lipinski definition) is 2. The van der Waals surface area contributed by atoms with E-state index in [0.29, 0.717) is 23.9 Å². The minimum atomic E-state index is -0.391. The Balaban J connectivity index is 2.80. The number of aromatic hydroxyl groups is 1. The van der Waals surface area contributed by atoms with E-state index in [1.807, 2.05) is 0 Å². The van der Waals surface area contributed by atoms with Crippen molar-refractivity contribution < 1.29 is 5.11 Å². The Labute approximate surface area is 103 Å². The maximum Gasteiger partial charge on any atom is 0.331 e. The maximum atomic E-state index is 12.2. The highest BCUT2D eigenvalue weighted by molar-refractivity contribution is 5.79. The van der Waals surface area contributed by atoms with Gasteiger partial charge in [-0.25, -0.2) is 4.79 Å². The Kier molecular flexibility index (Phi) is 3.20. The molecule has 96 valence electrons. The molecule has 0 spiro atoms. The second-order valence-corrected chi connectivity index (χ2v) is 4.14. The molecular formula is C12H15N3O3. The van der Waals surface area contributed by atoms with Gasteiger partial charge in [0.05, 0.1) is 10.9 Å². The summed E-state index contributed by atoms with van der Waals surface area (Å²) in [5.74, 6) is 0.00336. The zero-order valence-corrected chi connectivity index (χ0v) is 10.1. The van der Waals surface area contributed by atoms with Crippen LogP contribution in [0.15, 0.2) is 27.8 Å². The van der Waals surface area contributed by atoms with Crippen LogP contribution in [-0.2, 0) is 13.6 Å². The van der Waals surface area contributed by atoms with Crippen molar-refractivity contribution in [3.8, 4) is 5.75 Å². The lowest BCUT2D eigenvalue weighted by Gasteiger charge is -2.10. The van der Waals surface area contributed by atoms with E-state index in [9.17, 15) is 14.7 Å². The third-order valence-corrected chi connectivity index (χ3v) is 2.92. The molecule has 18 heavy (non-hydrogen) atoms. The first-order valence-electron chi connectivity index (χ1n) is 5.69. The van der Waals surface area contributed by atoms with Gasteiger partial charge in [-0.3, -0.25) is 13.9 Å². The lowest BCUT2D eigenvalue weighted by atomic mass is 10.2. The molecule has 0 saturated heterocycles. The minimum Gasteiger partial charge on any atom is -0.508 e. The lowest BCUT2D eigenvalue weighted by molar-refractivity contribution is 0.475. The highest BCUT2D eigenvalue weighted by atomic mass is 16.3. The summed E-state index contributed by atoms with van der Waals surface area (Å²) in [5, 5.41) is 9.75. The second kappa shape index (κ2) is 4.66. The van der Waals surface area contributed by atoms with E-state index in [1.165, 1.54) is 16.7 Å². The highest BCUT2D eigenvalue weighted by Gasteiger charge is 2.10. The van der Waals surface area contributed by atoms with Crippen molar-refractivity contribution in [3.63, 3.8) is 0 Å². The Hall–Kier alpha value is -2.08. The fourth-order valence-electron chi connectivity index (χ4n) is 1.95. The van der Waals surface area contributed by atoms with Crippen LogP contribution in [-0.4, -0.2) is 20.8 Å². The third kappa shape index (κ3) is 1.91. The van der Waals surface area contributed by atoms with E-state index in [2.05, 4.69) is 0 Å². The number of nitrogens with zero attached hydrogens (tertiary/aromatic N) is 2. The maximum absolute atomic E-state index is 12.2. The van der Waals surface area contributed by atoms with Crippen LogP contribution in [0, 0.1) is 0 Å². The number of benzene rings is 1. The zero-order valence-electron chi connectivity index (χ0n) is 10.1. The molecule has 2 aromatic rings. The van der Waals surface area contributed by atoms with Crippen molar-refractivity contribution in [2.45, 2.75) is 13.0 Å². The summed E-state index contributed by atoms with van der Waals surface area (Å²) in [5.41, 5.74) is 5.13. The number of aromatic nitrogens is 2. The first-order valence-corrected chi connectivity index (χ1v) is 5.69. The van der Waals surface area contributed by atoms with Gasteiger partial charge in [0.25, 0.3) is 5.56 Å². The van der Waals surface area contributed by atoms with E-state index < -0.39 is 5.56 Å². The monoisotopic (exact) mass is 249 g/mol. The smallest absolute Gasteiger partial charge is 0.331 e. The van der Waals surface area contributed by atoms with E-state index in [0.717, 1.165) is 4.57 Å². The fourth-order valence-corrected chi connectivity index (χ4v) is 1.95. The molecule has 0 aliphatic heterocycles. The molecule has 0 unspecified atom stereocenters.